The van der Waals surface area contributed by atoms with Crippen LogP contribution in [0.4, 0.5) is 48.5 Å². The highest BCUT2D eigenvalue weighted by Crippen LogP contribution is 2.30. The number of aromatic nitrogens is 3. The molecule has 5 aliphatic heterocycles. The van der Waals surface area contributed by atoms with Gasteiger partial charge < -0.3 is 40.4 Å². The van der Waals surface area contributed by atoms with E-state index in [0.29, 0.717) is 69.7 Å². The Kier molecular flexibility index (Phi) is 10.8. The van der Waals surface area contributed by atoms with E-state index in [0.717, 1.165) is 50.1 Å². The number of halogens is 1. The van der Waals surface area contributed by atoms with Gasteiger partial charge in [-0.05, 0) is 74.1 Å². The molecule has 6 heterocycles. The second-order valence-electron chi connectivity index (χ2n) is 15.6. The van der Waals surface area contributed by atoms with Crippen molar-refractivity contribution in [2.45, 2.75) is 38.1 Å². The quantitative estimate of drug-likeness (QED) is 0.271. The number of likely N-dealkylation sites (N-methyl/N-ethyl adjacent to an activating group) is 1. The molecule has 306 valence electrons. The molecular weight excluding hydrogens is 750 g/mol. The van der Waals surface area contributed by atoms with Gasteiger partial charge in [0, 0.05) is 96.0 Å². The van der Waals surface area contributed by atoms with Gasteiger partial charge in [-0.2, -0.15) is 4.98 Å². The molecule has 0 bridgehead atoms. The van der Waals surface area contributed by atoms with Crippen LogP contribution in [0, 0.1) is 11.7 Å². The predicted molar refractivity (Wildman–Crippen MR) is 214 cm³/mol. The van der Waals surface area contributed by atoms with Gasteiger partial charge in [-0.3, -0.25) is 24.6 Å². The van der Waals surface area contributed by atoms with Crippen LogP contribution in [0.25, 0.3) is 0 Å². The second-order valence-corrected chi connectivity index (χ2v) is 15.6. The number of hydrogen-bond donors (Lipinski definition) is 3. The number of nitrogens with zero attached hydrogens (tertiary/aromatic N) is 10. The second kappa shape index (κ2) is 16.3. The third-order valence-electron chi connectivity index (χ3n) is 11.8. The Morgan fingerprint density at radius 2 is 1.66 bits per heavy atom. The highest BCUT2D eigenvalue weighted by Gasteiger charge is 2.35. The van der Waals surface area contributed by atoms with E-state index < -0.39 is 17.8 Å². The Morgan fingerprint density at radius 1 is 0.879 bits per heavy atom. The number of rotatable bonds is 10. The van der Waals surface area contributed by atoms with Crippen molar-refractivity contribution in [3.8, 4) is 0 Å². The van der Waals surface area contributed by atoms with Crippen molar-refractivity contribution in [1.82, 2.24) is 35.2 Å². The SMILES string of the molecule is CN1CCN(C2CCCN(c3nnc(C(N)=O)c(Nc4ccc(N5CCN(CC6CCN(c7ccc(N8CCC(=O)NC8=O)cc7)CC6)C(=O)C5)c(F)c4)n3)C2)C1=O. The summed E-state index contributed by atoms with van der Waals surface area (Å²) in [6, 6.07) is 11.9. The average Bonchev–Trinajstić information content (AvgIpc) is 3.56. The van der Waals surface area contributed by atoms with Crippen LogP contribution >= 0.6 is 0 Å². The number of nitrogens with one attached hydrogen (secondary N) is 2. The van der Waals surface area contributed by atoms with Crippen LogP contribution in [0.2, 0.25) is 0 Å². The molecule has 5 saturated heterocycles. The molecule has 1 atom stereocenters. The zero-order valence-corrected chi connectivity index (χ0v) is 32.5. The van der Waals surface area contributed by atoms with E-state index in [9.17, 15) is 24.0 Å². The van der Waals surface area contributed by atoms with Crippen molar-refractivity contribution in [1.29, 1.82) is 0 Å². The summed E-state index contributed by atoms with van der Waals surface area (Å²) in [6.45, 7) is 6.18. The monoisotopic (exact) mass is 797 g/mol. The molecule has 3 aromatic rings. The Bertz CT molecular complexity index is 2080. The maximum Gasteiger partial charge on any atom is 0.328 e. The van der Waals surface area contributed by atoms with Crippen molar-refractivity contribution in [2.75, 3.05) is 104 Å². The van der Waals surface area contributed by atoms with Gasteiger partial charge in [0.1, 0.15) is 5.82 Å². The summed E-state index contributed by atoms with van der Waals surface area (Å²) < 4.78 is 15.7. The maximum absolute atomic E-state index is 15.7. The zero-order chi connectivity index (χ0) is 40.5. The lowest BCUT2D eigenvalue weighted by Crippen LogP contribution is -2.52. The Balaban J connectivity index is 0.842. The number of carbonyl (C=O) groups is 5. The number of urea groups is 2. The molecule has 58 heavy (non-hydrogen) atoms. The Hall–Kier alpha value is -6.27. The number of hydrogen-bond acceptors (Lipinski definition) is 12. The maximum atomic E-state index is 15.7. The van der Waals surface area contributed by atoms with Crippen LogP contribution in [-0.2, 0) is 9.59 Å². The van der Waals surface area contributed by atoms with E-state index in [1.807, 2.05) is 39.0 Å². The van der Waals surface area contributed by atoms with E-state index in [-0.39, 0.29) is 54.3 Å². The van der Waals surface area contributed by atoms with E-state index in [1.165, 1.54) is 6.07 Å². The van der Waals surface area contributed by atoms with Crippen LogP contribution in [0.15, 0.2) is 42.5 Å². The van der Waals surface area contributed by atoms with Gasteiger partial charge in [0.15, 0.2) is 11.5 Å². The molecule has 5 fully saturated rings. The van der Waals surface area contributed by atoms with Crippen LogP contribution in [0.5, 0.6) is 0 Å². The lowest BCUT2D eigenvalue weighted by atomic mass is 9.95. The summed E-state index contributed by atoms with van der Waals surface area (Å²) in [4.78, 5) is 79.6. The molecule has 2 aromatic carbocycles. The van der Waals surface area contributed by atoms with Crippen LogP contribution < -0.4 is 36.0 Å². The minimum Gasteiger partial charge on any atom is -0.372 e. The van der Waals surface area contributed by atoms with Gasteiger partial charge in [-0.15, -0.1) is 10.2 Å². The van der Waals surface area contributed by atoms with Crippen molar-refractivity contribution < 1.29 is 28.4 Å². The highest BCUT2D eigenvalue weighted by molar-refractivity contribution is 6.05. The summed E-state index contributed by atoms with van der Waals surface area (Å²) in [6.07, 6.45) is 3.79. The van der Waals surface area contributed by atoms with E-state index >= 15 is 4.39 Å². The molecule has 1 aromatic heterocycles. The largest absolute Gasteiger partial charge is 0.372 e. The third kappa shape index (κ3) is 8.10. The summed E-state index contributed by atoms with van der Waals surface area (Å²) >= 11 is 0. The summed E-state index contributed by atoms with van der Waals surface area (Å²) in [5.41, 5.74) is 7.84. The summed E-state index contributed by atoms with van der Waals surface area (Å²) in [7, 11) is 1.79. The first kappa shape index (κ1) is 38.6. The van der Waals surface area contributed by atoms with E-state index in [1.54, 1.807) is 33.9 Å². The van der Waals surface area contributed by atoms with Gasteiger partial charge in [0.25, 0.3) is 5.91 Å². The molecule has 0 saturated carbocycles. The molecular formula is C39H48FN13O5. The molecule has 7 amide bonds. The number of carbonyl (C=O) groups excluding carboxylic acids is 5. The average molecular weight is 798 g/mol. The predicted octanol–water partition coefficient (Wildman–Crippen LogP) is 2.20. The molecule has 0 aliphatic carbocycles. The smallest absolute Gasteiger partial charge is 0.328 e. The van der Waals surface area contributed by atoms with Gasteiger partial charge in [0.2, 0.25) is 17.8 Å². The van der Waals surface area contributed by atoms with Gasteiger partial charge >= 0.3 is 12.1 Å². The van der Waals surface area contributed by atoms with Crippen molar-refractivity contribution in [2.24, 2.45) is 11.7 Å². The molecule has 0 radical (unpaired) electrons. The standard InChI is InChI=1S/C39H48FN13O5/c1-47-17-20-53(39(47)58)29-3-2-13-51(23-29)37-44-36(34(35(41)56)45-46-37)42-26-4-9-31(30(40)21-26)49-18-19-50(33(55)24-49)22-25-10-14-48(15-11-25)27-5-7-28(8-6-27)52-16-12-32(54)43-38(52)57/h4-9,21,25,29H,2-3,10-20,22-24H2,1H3,(H2,41,56)(H,42,44,46)(H,43,54,57). The van der Waals surface area contributed by atoms with Crippen LogP contribution in [0.3, 0.4) is 0 Å². The minimum absolute atomic E-state index is 0.00369. The fraction of sp³-hybridized carbons (Fsp3) is 0.487. The zero-order valence-electron chi connectivity index (χ0n) is 32.5. The summed E-state index contributed by atoms with van der Waals surface area (Å²) in [5.74, 6) is -1.04. The number of primary amides is 1. The summed E-state index contributed by atoms with van der Waals surface area (Å²) in [5, 5.41) is 13.6. The molecule has 5 aliphatic rings. The molecule has 4 N–H and O–H groups in total. The first-order valence-corrected chi connectivity index (χ1v) is 19.9. The number of piperidine rings is 2. The van der Waals surface area contributed by atoms with Crippen LogP contribution in [0.1, 0.15) is 42.6 Å². The number of amides is 7. The lowest BCUT2D eigenvalue weighted by Gasteiger charge is -2.40. The molecule has 0 spiro atoms. The van der Waals surface area contributed by atoms with Gasteiger partial charge in [0.05, 0.1) is 18.3 Å². The molecule has 8 rings (SSSR count). The van der Waals surface area contributed by atoms with Crippen molar-refractivity contribution in [3.63, 3.8) is 0 Å². The number of benzene rings is 2. The first-order valence-electron chi connectivity index (χ1n) is 19.9. The number of anilines is 6. The number of imide groups is 1. The topological polar surface area (TPSA) is 197 Å². The molecule has 18 nitrogen and oxygen atoms in total. The molecule has 1 unspecified atom stereocenters. The highest BCUT2D eigenvalue weighted by atomic mass is 19.1. The Labute approximate surface area is 335 Å². The fourth-order valence-electron chi connectivity index (χ4n) is 8.53. The fourth-order valence-corrected chi connectivity index (χ4v) is 8.53. The lowest BCUT2D eigenvalue weighted by molar-refractivity contribution is -0.131. The normalized spacial score (nSPS) is 20.9. The van der Waals surface area contributed by atoms with Gasteiger partial charge in [-0.1, -0.05) is 0 Å². The van der Waals surface area contributed by atoms with Crippen molar-refractivity contribution in [3.05, 3.63) is 54.0 Å². The first-order chi connectivity index (χ1) is 28.0. The minimum atomic E-state index is -0.841. The van der Waals surface area contributed by atoms with E-state index in [2.05, 4.69) is 30.7 Å². The number of nitrogens with two attached hydrogens (primary N) is 1. The number of piperazine rings is 1. The van der Waals surface area contributed by atoms with Crippen molar-refractivity contribution >= 4 is 64.3 Å². The van der Waals surface area contributed by atoms with Gasteiger partial charge in [-0.25, -0.2) is 14.0 Å². The Morgan fingerprint density at radius 3 is 2.34 bits per heavy atom. The molecule has 19 heteroatoms. The van der Waals surface area contributed by atoms with Crippen LogP contribution in [-0.4, -0.2) is 145 Å². The third-order valence-corrected chi connectivity index (χ3v) is 11.8. The van der Waals surface area contributed by atoms with E-state index in [4.69, 9.17) is 5.73 Å².